The van der Waals surface area contributed by atoms with Crippen LogP contribution < -0.4 is 21.1 Å². The van der Waals surface area contributed by atoms with Gasteiger partial charge in [-0.1, -0.05) is 26.8 Å². The molecule has 0 unspecified atom stereocenters. The molecule has 206 valence electrons. The average Bonchev–Trinajstić information content (AvgIpc) is 3.30. The molecule has 2 aromatic carbocycles. The summed E-state index contributed by atoms with van der Waals surface area (Å²) >= 11 is 0. The summed E-state index contributed by atoms with van der Waals surface area (Å²) in [5, 5.41) is 18.5. The second-order valence-corrected chi connectivity index (χ2v) is 9.50. The Balaban J connectivity index is 1.57. The van der Waals surface area contributed by atoms with Crippen LogP contribution in [0.2, 0.25) is 0 Å². The lowest BCUT2D eigenvalue weighted by atomic mass is 9.92. The fourth-order valence-electron chi connectivity index (χ4n) is 3.45. The summed E-state index contributed by atoms with van der Waals surface area (Å²) in [4.78, 5) is 20.3. The number of anilines is 3. The summed E-state index contributed by atoms with van der Waals surface area (Å²) < 4.78 is 61.3. The summed E-state index contributed by atoms with van der Waals surface area (Å²) in [7, 11) is 0. The zero-order valence-electron chi connectivity index (χ0n) is 21.3. The van der Waals surface area contributed by atoms with E-state index in [2.05, 4.69) is 25.7 Å². The van der Waals surface area contributed by atoms with Crippen molar-refractivity contribution in [3.05, 3.63) is 77.5 Å². The van der Waals surface area contributed by atoms with E-state index in [1.165, 1.54) is 35.0 Å². The van der Waals surface area contributed by atoms with E-state index in [0.717, 1.165) is 24.5 Å². The lowest BCUT2D eigenvalue weighted by molar-refractivity contribution is -0.137. The third kappa shape index (κ3) is 6.09. The monoisotopic (exact) mass is 554 g/mol. The number of rotatable bonds is 5. The maximum atomic E-state index is 14.8. The number of urea groups is 1. The fraction of sp³-hybridized carbons (Fsp3) is 0.192. The number of carbonyl (C=O) groups is 1. The minimum atomic E-state index is -4.58. The van der Waals surface area contributed by atoms with Gasteiger partial charge in [0.05, 0.1) is 22.6 Å². The number of hydrogen-bond donors (Lipinski definition) is 3. The molecule has 0 fully saturated rings. The van der Waals surface area contributed by atoms with E-state index in [9.17, 15) is 27.6 Å². The molecule has 14 heteroatoms. The van der Waals surface area contributed by atoms with Gasteiger partial charge < -0.3 is 15.8 Å². The number of halogens is 4. The third-order valence-electron chi connectivity index (χ3n) is 5.49. The van der Waals surface area contributed by atoms with Gasteiger partial charge in [0, 0.05) is 17.5 Å². The van der Waals surface area contributed by atoms with Crippen LogP contribution in [0.4, 0.5) is 39.7 Å². The van der Waals surface area contributed by atoms with Crippen molar-refractivity contribution in [1.29, 1.82) is 5.26 Å². The first-order valence-electron chi connectivity index (χ1n) is 11.6. The number of ether oxygens (including phenoxy) is 1. The molecule has 4 rings (SSSR count). The molecule has 0 saturated carbocycles. The Morgan fingerprint density at radius 3 is 2.48 bits per heavy atom. The molecule has 0 aliphatic rings. The van der Waals surface area contributed by atoms with Gasteiger partial charge in [-0.15, -0.1) is 0 Å². The Labute approximate surface area is 225 Å². The van der Waals surface area contributed by atoms with Crippen molar-refractivity contribution in [1.82, 2.24) is 19.7 Å². The van der Waals surface area contributed by atoms with Crippen LogP contribution in [0, 0.1) is 17.1 Å². The predicted molar refractivity (Wildman–Crippen MR) is 138 cm³/mol. The molecular formula is C26H22F4N8O2. The van der Waals surface area contributed by atoms with Crippen LogP contribution in [0.5, 0.6) is 11.6 Å². The van der Waals surface area contributed by atoms with E-state index in [1.807, 2.05) is 20.8 Å². The van der Waals surface area contributed by atoms with Gasteiger partial charge in [-0.3, -0.25) is 5.32 Å². The van der Waals surface area contributed by atoms with Gasteiger partial charge >= 0.3 is 12.2 Å². The predicted octanol–water partition coefficient (Wildman–Crippen LogP) is 6.01. The minimum Gasteiger partial charge on any atom is -0.437 e. The van der Waals surface area contributed by atoms with Gasteiger partial charge in [0.15, 0.2) is 5.56 Å². The van der Waals surface area contributed by atoms with Crippen LogP contribution in [-0.4, -0.2) is 25.8 Å². The molecule has 2 amide bonds. The molecule has 10 nitrogen and oxygen atoms in total. The van der Waals surface area contributed by atoms with Crippen molar-refractivity contribution in [2.45, 2.75) is 32.4 Å². The zero-order chi connectivity index (χ0) is 29.2. The van der Waals surface area contributed by atoms with Crippen molar-refractivity contribution in [2.24, 2.45) is 0 Å². The second kappa shape index (κ2) is 10.5. The van der Waals surface area contributed by atoms with Crippen LogP contribution >= 0.6 is 0 Å². The number of nitrogens with two attached hydrogens (primary N) is 1. The number of nitrogen functional groups attached to an aromatic ring is 1. The molecule has 4 aromatic rings. The highest BCUT2D eigenvalue weighted by molar-refractivity contribution is 5.99. The normalized spacial score (nSPS) is 11.6. The van der Waals surface area contributed by atoms with Crippen LogP contribution in [0.25, 0.3) is 5.69 Å². The largest absolute Gasteiger partial charge is 0.437 e. The number of carbonyl (C=O) groups excluding carboxylic acids is 1. The molecule has 0 aliphatic carbocycles. The molecule has 0 saturated heterocycles. The van der Waals surface area contributed by atoms with Gasteiger partial charge in [0.1, 0.15) is 35.6 Å². The van der Waals surface area contributed by atoms with E-state index < -0.39 is 29.0 Å². The van der Waals surface area contributed by atoms with Gasteiger partial charge in [-0.2, -0.15) is 23.5 Å². The van der Waals surface area contributed by atoms with E-state index in [1.54, 1.807) is 6.07 Å². The Bertz CT molecular complexity index is 1620. The molecule has 40 heavy (non-hydrogen) atoms. The van der Waals surface area contributed by atoms with Gasteiger partial charge in [-0.25, -0.2) is 23.8 Å². The quantitative estimate of drug-likeness (QED) is 0.256. The second-order valence-electron chi connectivity index (χ2n) is 9.50. The first-order valence-corrected chi connectivity index (χ1v) is 11.6. The topological polar surface area (TPSA) is 144 Å². The Hall–Kier alpha value is -5.19. The van der Waals surface area contributed by atoms with Gasteiger partial charge in [0.25, 0.3) is 0 Å². The number of amides is 2. The molecule has 0 spiro atoms. The van der Waals surface area contributed by atoms with Crippen LogP contribution in [0.1, 0.15) is 37.6 Å². The number of alkyl halides is 3. The van der Waals surface area contributed by atoms with Gasteiger partial charge in [0.2, 0.25) is 5.88 Å². The van der Waals surface area contributed by atoms with E-state index >= 15 is 0 Å². The Morgan fingerprint density at radius 2 is 1.82 bits per heavy atom. The van der Waals surface area contributed by atoms with Crippen LogP contribution in [0.3, 0.4) is 0 Å². The summed E-state index contributed by atoms with van der Waals surface area (Å²) in [5.74, 6) is -1.13. The molecule has 2 aromatic heterocycles. The molecule has 0 bridgehead atoms. The van der Waals surface area contributed by atoms with Crippen LogP contribution in [-0.2, 0) is 11.6 Å². The molecule has 0 aliphatic heterocycles. The smallest absolute Gasteiger partial charge is 0.416 e. The Kier molecular flexibility index (Phi) is 7.32. The summed E-state index contributed by atoms with van der Waals surface area (Å²) in [6.45, 7) is 5.55. The number of aromatic nitrogens is 4. The highest BCUT2D eigenvalue weighted by Gasteiger charge is 2.31. The van der Waals surface area contributed by atoms with Gasteiger partial charge in [-0.05, 0) is 30.3 Å². The lowest BCUT2D eigenvalue weighted by Gasteiger charge is -2.14. The van der Waals surface area contributed by atoms with Crippen molar-refractivity contribution in [3.8, 4) is 23.4 Å². The number of hydrogen-bond acceptors (Lipinski definition) is 7. The van der Waals surface area contributed by atoms with Crippen molar-refractivity contribution in [3.63, 3.8) is 0 Å². The van der Waals surface area contributed by atoms with E-state index in [4.69, 9.17) is 10.5 Å². The number of nitrogens with zero attached hydrogens (tertiary/aromatic N) is 5. The van der Waals surface area contributed by atoms with Crippen molar-refractivity contribution >= 4 is 23.4 Å². The third-order valence-corrected chi connectivity index (χ3v) is 5.49. The van der Waals surface area contributed by atoms with Crippen molar-refractivity contribution < 1.29 is 27.1 Å². The molecule has 4 N–H and O–H groups in total. The maximum Gasteiger partial charge on any atom is 0.416 e. The standard InChI is InChI=1S/C26H22F4N8O2/c1-25(2,3)20-11-21(38(37-20)15-6-4-5-14(9-15)26(28,29)30)36-24(39)35-19-8-7-16(10-18(19)27)40-23-17(12-31)22(32)33-13-34-23/h4-11,13H,1-3H3,(H2,32,33,34)(H2,35,36,39). The molecule has 2 heterocycles. The molecular weight excluding hydrogens is 532 g/mol. The number of nitrogens with one attached hydrogen (secondary N) is 2. The maximum absolute atomic E-state index is 14.8. The summed E-state index contributed by atoms with van der Waals surface area (Å²) in [6, 6.07) is 10.4. The SMILES string of the molecule is CC(C)(C)c1cc(NC(=O)Nc2ccc(Oc3ncnc(N)c3C#N)cc2F)n(-c2cccc(C(F)(F)F)c2)n1. The Morgan fingerprint density at radius 1 is 1.07 bits per heavy atom. The highest BCUT2D eigenvalue weighted by atomic mass is 19.4. The first-order chi connectivity index (χ1) is 18.8. The zero-order valence-corrected chi connectivity index (χ0v) is 21.3. The lowest BCUT2D eigenvalue weighted by Crippen LogP contribution is -2.22. The van der Waals surface area contributed by atoms with Crippen LogP contribution in [0.15, 0.2) is 54.9 Å². The first kappa shape index (κ1) is 27.8. The highest BCUT2D eigenvalue weighted by Crippen LogP contribution is 2.32. The molecule has 0 radical (unpaired) electrons. The number of nitriles is 1. The summed E-state index contributed by atoms with van der Waals surface area (Å²) in [6.07, 6.45) is -3.50. The average molecular weight is 555 g/mol. The van der Waals surface area contributed by atoms with Crippen molar-refractivity contribution in [2.75, 3.05) is 16.4 Å². The molecule has 0 atom stereocenters. The van der Waals surface area contributed by atoms with E-state index in [-0.39, 0.29) is 40.2 Å². The fourth-order valence-corrected chi connectivity index (χ4v) is 3.45. The van der Waals surface area contributed by atoms with E-state index in [0.29, 0.717) is 5.69 Å². The number of benzene rings is 2. The minimum absolute atomic E-state index is 0.0319. The summed E-state index contributed by atoms with van der Waals surface area (Å²) in [5.41, 5.74) is 4.44.